The number of thiazole rings is 1. The number of hydrogen-bond acceptors (Lipinski definition) is 3. The molecule has 3 rings (SSSR count). The minimum absolute atomic E-state index is 0.0338. The Kier molecular flexibility index (Phi) is 2.68. The van der Waals surface area contributed by atoms with E-state index in [0.717, 1.165) is 15.2 Å². The molecule has 0 unspecified atom stereocenters. The van der Waals surface area contributed by atoms with Crippen molar-refractivity contribution in [3.63, 3.8) is 0 Å². The zero-order valence-corrected chi connectivity index (χ0v) is 10.7. The van der Waals surface area contributed by atoms with Crippen LogP contribution in [0.15, 0.2) is 48.5 Å². The standard InChI is InChI=1S/C15H11NOS/c1-10-16-14-12(8-5-9-13(14)18-10)15(17)11-6-3-2-4-7-11/h2-9H,1H3. The van der Waals surface area contributed by atoms with E-state index in [-0.39, 0.29) is 5.78 Å². The molecule has 88 valence electrons. The topological polar surface area (TPSA) is 30.0 Å². The van der Waals surface area contributed by atoms with Gasteiger partial charge in [0.1, 0.15) is 0 Å². The molecule has 3 heteroatoms. The molecule has 2 nitrogen and oxygen atoms in total. The Bertz CT molecular complexity index is 716. The van der Waals surface area contributed by atoms with Gasteiger partial charge >= 0.3 is 0 Å². The van der Waals surface area contributed by atoms with Crippen LogP contribution in [0.3, 0.4) is 0 Å². The largest absolute Gasteiger partial charge is 0.289 e. The van der Waals surface area contributed by atoms with Crippen molar-refractivity contribution in [2.24, 2.45) is 0 Å². The molecule has 0 bridgehead atoms. The molecule has 0 amide bonds. The van der Waals surface area contributed by atoms with Gasteiger partial charge in [0.05, 0.1) is 15.2 Å². The van der Waals surface area contributed by atoms with Crippen molar-refractivity contribution in [3.05, 3.63) is 64.7 Å². The number of carbonyl (C=O) groups excluding carboxylic acids is 1. The molecule has 0 aliphatic heterocycles. The first-order valence-electron chi connectivity index (χ1n) is 5.71. The first-order valence-corrected chi connectivity index (χ1v) is 6.53. The second-order valence-corrected chi connectivity index (χ2v) is 5.32. The van der Waals surface area contributed by atoms with Crippen molar-refractivity contribution < 1.29 is 4.79 Å². The van der Waals surface area contributed by atoms with Gasteiger partial charge in [0.15, 0.2) is 5.78 Å². The van der Waals surface area contributed by atoms with E-state index in [1.165, 1.54) is 0 Å². The maximum absolute atomic E-state index is 12.4. The predicted octanol–water partition coefficient (Wildman–Crippen LogP) is 3.84. The van der Waals surface area contributed by atoms with Crippen molar-refractivity contribution in [3.8, 4) is 0 Å². The molecule has 1 aromatic heterocycles. The fraction of sp³-hybridized carbons (Fsp3) is 0.0667. The van der Waals surface area contributed by atoms with Crippen molar-refractivity contribution in [2.75, 3.05) is 0 Å². The van der Waals surface area contributed by atoms with Gasteiger partial charge in [0.2, 0.25) is 0 Å². The van der Waals surface area contributed by atoms with Crippen LogP contribution in [0, 0.1) is 6.92 Å². The Hall–Kier alpha value is -2.00. The molecular weight excluding hydrogens is 242 g/mol. The van der Waals surface area contributed by atoms with Crippen molar-refractivity contribution in [1.82, 2.24) is 4.98 Å². The number of para-hydroxylation sites is 1. The molecule has 0 aliphatic carbocycles. The molecule has 1 heterocycles. The highest BCUT2D eigenvalue weighted by Crippen LogP contribution is 2.25. The molecule has 0 N–H and O–H groups in total. The van der Waals surface area contributed by atoms with E-state index >= 15 is 0 Å². The number of aromatic nitrogens is 1. The first kappa shape index (κ1) is 11.1. The van der Waals surface area contributed by atoms with Gasteiger partial charge in [0, 0.05) is 11.1 Å². The maximum atomic E-state index is 12.4. The van der Waals surface area contributed by atoms with Crippen LogP contribution in [0.25, 0.3) is 10.2 Å². The van der Waals surface area contributed by atoms with Crippen molar-refractivity contribution in [2.45, 2.75) is 6.92 Å². The van der Waals surface area contributed by atoms with Gasteiger partial charge in [-0.1, -0.05) is 36.4 Å². The van der Waals surface area contributed by atoms with E-state index in [0.29, 0.717) is 11.1 Å². The average Bonchev–Trinajstić information content (AvgIpc) is 2.79. The normalized spacial score (nSPS) is 10.7. The molecule has 3 aromatic rings. The van der Waals surface area contributed by atoms with Crippen LogP contribution in [0.5, 0.6) is 0 Å². The summed E-state index contributed by atoms with van der Waals surface area (Å²) in [5, 5.41) is 0.985. The van der Waals surface area contributed by atoms with E-state index in [1.807, 2.05) is 55.5 Å². The second-order valence-electron chi connectivity index (χ2n) is 4.08. The van der Waals surface area contributed by atoms with Gasteiger partial charge in [-0.3, -0.25) is 4.79 Å². The van der Waals surface area contributed by atoms with E-state index in [1.54, 1.807) is 11.3 Å². The summed E-state index contributed by atoms with van der Waals surface area (Å²) < 4.78 is 1.06. The van der Waals surface area contributed by atoms with Gasteiger partial charge in [-0.2, -0.15) is 0 Å². The summed E-state index contributed by atoms with van der Waals surface area (Å²) in [6, 6.07) is 15.1. The highest BCUT2D eigenvalue weighted by molar-refractivity contribution is 7.18. The Balaban J connectivity index is 2.18. The van der Waals surface area contributed by atoms with Gasteiger partial charge in [-0.15, -0.1) is 11.3 Å². The van der Waals surface area contributed by atoms with Crippen LogP contribution in [0.1, 0.15) is 20.9 Å². The number of benzene rings is 2. The molecular formula is C15H11NOS. The SMILES string of the molecule is Cc1nc2c(C(=O)c3ccccc3)cccc2s1. The molecule has 0 spiro atoms. The number of aryl methyl sites for hydroxylation is 1. The number of carbonyl (C=O) groups is 1. The lowest BCUT2D eigenvalue weighted by Crippen LogP contribution is -2.01. The van der Waals surface area contributed by atoms with Crippen LogP contribution in [-0.4, -0.2) is 10.8 Å². The number of ketones is 1. The van der Waals surface area contributed by atoms with E-state index < -0.39 is 0 Å². The Morgan fingerprint density at radius 2 is 1.83 bits per heavy atom. The number of rotatable bonds is 2. The lowest BCUT2D eigenvalue weighted by molar-refractivity contribution is 0.104. The van der Waals surface area contributed by atoms with Crippen molar-refractivity contribution >= 4 is 27.3 Å². The predicted molar refractivity (Wildman–Crippen MR) is 74.2 cm³/mol. The van der Waals surface area contributed by atoms with Crippen LogP contribution < -0.4 is 0 Å². The van der Waals surface area contributed by atoms with Crippen LogP contribution in [-0.2, 0) is 0 Å². The van der Waals surface area contributed by atoms with Crippen LogP contribution >= 0.6 is 11.3 Å². The number of hydrogen-bond donors (Lipinski definition) is 0. The van der Waals surface area contributed by atoms with E-state index in [9.17, 15) is 4.79 Å². The summed E-state index contributed by atoms with van der Waals surface area (Å²) in [4.78, 5) is 16.9. The maximum Gasteiger partial charge on any atom is 0.195 e. The summed E-state index contributed by atoms with van der Waals surface area (Å²) in [6.45, 7) is 1.96. The highest BCUT2D eigenvalue weighted by Gasteiger charge is 2.14. The minimum Gasteiger partial charge on any atom is -0.289 e. The lowest BCUT2D eigenvalue weighted by Gasteiger charge is -2.01. The van der Waals surface area contributed by atoms with Gasteiger partial charge < -0.3 is 0 Å². The van der Waals surface area contributed by atoms with E-state index in [4.69, 9.17) is 0 Å². The van der Waals surface area contributed by atoms with Gasteiger partial charge in [-0.25, -0.2) is 4.98 Å². The number of fused-ring (bicyclic) bond motifs is 1. The fourth-order valence-corrected chi connectivity index (χ4v) is 2.84. The Morgan fingerprint density at radius 3 is 2.61 bits per heavy atom. The smallest absolute Gasteiger partial charge is 0.195 e. The first-order chi connectivity index (χ1) is 8.75. The molecule has 0 saturated carbocycles. The Morgan fingerprint density at radius 1 is 1.06 bits per heavy atom. The zero-order valence-electron chi connectivity index (χ0n) is 9.88. The lowest BCUT2D eigenvalue weighted by atomic mass is 10.0. The summed E-state index contributed by atoms with van der Waals surface area (Å²) in [7, 11) is 0. The molecule has 0 atom stereocenters. The molecule has 18 heavy (non-hydrogen) atoms. The third-order valence-electron chi connectivity index (χ3n) is 2.81. The second kappa shape index (κ2) is 4.35. The number of nitrogens with zero attached hydrogens (tertiary/aromatic N) is 1. The molecule has 0 radical (unpaired) electrons. The van der Waals surface area contributed by atoms with Crippen LogP contribution in [0.2, 0.25) is 0 Å². The fourth-order valence-electron chi connectivity index (χ4n) is 1.99. The zero-order chi connectivity index (χ0) is 12.5. The van der Waals surface area contributed by atoms with Crippen molar-refractivity contribution in [1.29, 1.82) is 0 Å². The quantitative estimate of drug-likeness (QED) is 0.649. The minimum atomic E-state index is 0.0338. The highest BCUT2D eigenvalue weighted by atomic mass is 32.1. The molecule has 0 saturated heterocycles. The Labute approximate surface area is 109 Å². The average molecular weight is 253 g/mol. The monoisotopic (exact) mass is 253 g/mol. The van der Waals surface area contributed by atoms with E-state index in [2.05, 4.69) is 4.98 Å². The van der Waals surface area contributed by atoms with Gasteiger partial charge in [-0.05, 0) is 19.1 Å². The molecule has 2 aromatic carbocycles. The summed E-state index contributed by atoms with van der Waals surface area (Å²) in [5.41, 5.74) is 2.20. The molecule has 0 aliphatic rings. The summed E-state index contributed by atoms with van der Waals surface area (Å²) in [6.07, 6.45) is 0. The van der Waals surface area contributed by atoms with Crippen LogP contribution in [0.4, 0.5) is 0 Å². The third kappa shape index (κ3) is 1.83. The van der Waals surface area contributed by atoms with Gasteiger partial charge in [0.25, 0.3) is 0 Å². The summed E-state index contributed by atoms with van der Waals surface area (Å²) >= 11 is 1.62. The molecule has 0 fully saturated rings. The summed E-state index contributed by atoms with van der Waals surface area (Å²) in [5.74, 6) is 0.0338. The third-order valence-corrected chi connectivity index (χ3v) is 3.74.